The van der Waals surface area contributed by atoms with Gasteiger partial charge < -0.3 is 0 Å². The van der Waals surface area contributed by atoms with Gasteiger partial charge in [-0.15, -0.1) is 0 Å². The van der Waals surface area contributed by atoms with E-state index in [2.05, 4.69) is 0 Å². The van der Waals surface area contributed by atoms with E-state index in [0.717, 1.165) is 15.7 Å². The van der Waals surface area contributed by atoms with Crippen molar-refractivity contribution in [2.24, 2.45) is 0 Å². The summed E-state index contributed by atoms with van der Waals surface area (Å²) < 4.78 is 23.1. The van der Waals surface area contributed by atoms with Crippen LogP contribution in [0.3, 0.4) is 0 Å². The highest BCUT2D eigenvalue weighted by Gasteiger charge is 2.09. The molecule has 0 heterocycles. The van der Waals surface area contributed by atoms with Crippen LogP contribution in [0.25, 0.3) is 10.8 Å². The second-order valence-corrected chi connectivity index (χ2v) is 6.73. The molecule has 4 heteroatoms. The lowest BCUT2D eigenvalue weighted by Gasteiger charge is -2.05. The fourth-order valence-electron chi connectivity index (χ4n) is 1.61. The topological polar surface area (TPSA) is 34.1 Å². The van der Waals surface area contributed by atoms with Crippen LogP contribution < -0.4 is 0 Å². The van der Waals surface area contributed by atoms with E-state index in [-0.39, 0.29) is 5.08 Å². The van der Waals surface area contributed by atoms with E-state index < -0.39 is 21.6 Å². The third-order valence-electron chi connectivity index (χ3n) is 2.27. The van der Waals surface area contributed by atoms with Crippen molar-refractivity contribution >= 4 is 32.4 Å². The molecule has 0 radical (unpaired) electrons. The molecule has 0 saturated heterocycles. The average Bonchev–Trinajstić information content (AvgIpc) is 2.27. The Morgan fingerprint density at radius 2 is 1.69 bits per heavy atom. The van der Waals surface area contributed by atoms with Crippen molar-refractivity contribution in [3.05, 3.63) is 42.5 Å². The average molecular weight is 252 g/mol. The Morgan fingerprint density at radius 3 is 2.44 bits per heavy atom. The molecule has 2 rings (SSSR count). The normalized spacial score (nSPS) is 14.8. The first-order valence-electron chi connectivity index (χ1n) is 4.84. The van der Waals surface area contributed by atoms with Crippen molar-refractivity contribution in [3.63, 3.8) is 0 Å². The summed E-state index contributed by atoms with van der Waals surface area (Å²) in [4.78, 5) is 0.772. The Bertz CT molecular complexity index is 558. The van der Waals surface area contributed by atoms with E-state index in [0.29, 0.717) is 0 Å². The molecule has 0 aliphatic carbocycles. The minimum Gasteiger partial charge on any atom is -0.259 e. The summed E-state index contributed by atoms with van der Waals surface area (Å²) in [5.41, 5.74) is 0. The smallest absolute Gasteiger partial charge is 0.104 e. The fraction of sp³-hybridized carbons (Fsp3) is 0.167. The van der Waals surface area contributed by atoms with Crippen molar-refractivity contribution in [2.75, 3.05) is 11.3 Å². The van der Waals surface area contributed by atoms with Crippen LogP contribution in [-0.4, -0.2) is 19.8 Å². The summed E-state index contributed by atoms with van der Waals surface area (Å²) in [6.45, 7) is 0. The van der Waals surface area contributed by atoms with Crippen molar-refractivity contribution in [1.29, 1.82) is 0 Å². The van der Waals surface area contributed by atoms with E-state index in [1.165, 1.54) is 0 Å². The summed E-state index contributed by atoms with van der Waals surface area (Å²) in [7, 11) is -2.23. The molecule has 0 N–H and O–H groups in total. The molecule has 2 unspecified atom stereocenters. The minimum absolute atomic E-state index is 0.202. The summed E-state index contributed by atoms with van der Waals surface area (Å²) in [6.07, 6.45) is 1.57. The van der Waals surface area contributed by atoms with Crippen LogP contribution >= 0.6 is 0 Å². The molecule has 16 heavy (non-hydrogen) atoms. The molecular formula is C12H12O2S2. The summed E-state index contributed by atoms with van der Waals surface area (Å²) >= 11 is 0. The molecule has 0 amide bonds. The van der Waals surface area contributed by atoms with Crippen molar-refractivity contribution in [2.45, 2.75) is 4.90 Å². The molecule has 2 aromatic rings. The molecule has 0 aliphatic heterocycles. The van der Waals surface area contributed by atoms with Crippen molar-refractivity contribution < 1.29 is 8.42 Å². The molecule has 0 fully saturated rings. The van der Waals surface area contributed by atoms with E-state index in [1.807, 2.05) is 42.5 Å². The van der Waals surface area contributed by atoms with Gasteiger partial charge in [0.2, 0.25) is 0 Å². The highest BCUT2D eigenvalue weighted by Crippen LogP contribution is 2.21. The van der Waals surface area contributed by atoms with Crippen LogP contribution in [0.15, 0.2) is 47.4 Å². The second kappa shape index (κ2) is 4.89. The van der Waals surface area contributed by atoms with Gasteiger partial charge in [0.05, 0.1) is 10.8 Å². The van der Waals surface area contributed by atoms with Crippen LogP contribution in [0, 0.1) is 0 Å². The van der Waals surface area contributed by atoms with Gasteiger partial charge >= 0.3 is 0 Å². The first kappa shape index (κ1) is 11.5. The van der Waals surface area contributed by atoms with Crippen LogP contribution in [0.1, 0.15) is 0 Å². The molecule has 0 spiro atoms. The van der Waals surface area contributed by atoms with Crippen LogP contribution in [0.4, 0.5) is 0 Å². The van der Waals surface area contributed by atoms with Gasteiger partial charge in [-0.3, -0.25) is 8.42 Å². The number of fused-ring (bicyclic) bond motifs is 1. The molecule has 84 valence electrons. The molecule has 0 bridgehead atoms. The summed E-state index contributed by atoms with van der Waals surface area (Å²) in [5, 5.41) is 2.25. The van der Waals surface area contributed by atoms with Gasteiger partial charge in [-0.2, -0.15) is 0 Å². The van der Waals surface area contributed by atoms with Crippen LogP contribution in [0.2, 0.25) is 0 Å². The zero-order valence-electron chi connectivity index (χ0n) is 8.88. The third kappa shape index (κ3) is 2.39. The molecule has 2 nitrogen and oxygen atoms in total. The maximum absolute atomic E-state index is 12.0. The molecule has 0 aliphatic rings. The zero-order chi connectivity index (χ0) is 11.5. The number of benzene rings is 2. The molecular weight excluding hydrogens is 240 g/mol. The number of rotatable bonds is 3. The third-order valence-corrected chi connectivity index (χ3v) is 5.30. The van der Waals surface area contributed by atoms with E-state index in [1.54, 1.807) is 6.26 Å². The van der Waals surface area contributed by atoms with Crippen LogP contribution in [-0.2, 0) is 21.6 Å². The first-order valence-corrected chi connectivity index (χ1v) is 7.89. The lowest BCUT2D eigenvalue weighted by molar-refractivity contribution is 0.681. The zero-order valence-corrected chi connectivity index (χ0v) is 10.5. The SMILES string of the molecule is CS(=O)CS(=O)c1cccc2ccccc12. The van der Waals surface area contributed by atoms with Crippen molar-refractivity contribution in [3.8, 4) is 0 Å². The molecule has 0 aromatic heterocycles. The maximum Gasteiger partial charge on any atom is 0.104 e. The number of hydrogen-bond donors (Lipinski definition) is 0. The Labute approximate surface area is 99.6 Å². The van der Waals surface area contributed by atoms with E-state index in [4.69, 9.17) is 0 Å². The summed E-state index contributed by atoms with van der Waals surface area (Å²) in [6, 6.07) is 13.5. The van der Waals surface area contributed by atoms with Gasteiger partial charge in [-0.25, -0.2) is 0 Å². The van der Waals surface area contributed by atoms with Gasteiger partial charge in [0.25, 0.3) is 0 Å². The van der Waals surface area contributed by atoms with Gasteiger partial charge in [-0.1, -0.05) is 36.4 Å². The largest absolute Gasteiger partial charge is 0.259 e. The number of hydrogen-bond acceptors (Lipinski definition) is 2. The molecule has 0 saturated carbocycles. The quantitative estimate of drug-likeness (QED) is 0.840. The standard InChI is InChI=1S/C12H12O2S2/c1-15(13)9-16(14)12-8-4-6-10-5-2-3-7-11(10)12/h2-8H,9H2,1H3. The lowest BCUT2D eigenvalue weighted by atomic mass is 10.1. The molecule has 2 atom stereocenters. The molecule has 2 aromatic carbocycles. The predicted octanol–water partition coefficient (Wildman–Crippen LogP) is 2.28. The Hall–Kier alpha value is -1.00. The maximum atomic E-state index is 12.0. The monoisotopic (exact) mass is 252 g/mol. The van der Waals surface area contributed by atoms with E-state index in [9.17, 15) is 8.42 Å². The minimum atomic E-state index is -1.19. The summed E-state index contributed by atoms with van der Waals surface area (Å²) in [5.74, 6) is 0. The van der Waals surface area contributed by atoms with Gasteiger partial charge in [-0.05, 0) is 16.8 Å². The fourth-order valence-corrected chi connectivity index (χ4v) is 3.98. The lowest BCUT2D eigenvalue weighted by Crippen LogP contribution is -2.03. The van der Waals surface area contributed by atoms with Gasteiger partial charge in [0, 0.05) is 22.0 Å². The first-order chi connectivity index (χ1) is 7.68. The Morgan fingerprint density at radius 1 is 1.00 bits per heavy atom. The predicted molar refractivity (Wildman–Crippen MR) is 69.3 cm³/mol. The van der Waals surface area contributed by atoms with Crippen molar-refractivity contribution in [1.82, 2.24) is 0 Å². The van der Waals surface area contributed by atoms with Gasteiger partial charge in [0.1, 0.15) is 5.08 Å². The second-order valence-electron chi connectivity index (χ2n) is 3.51. The Balaban J connectivity index is 2.52. The highest BCUT2D eigenvalue weighted by molar-refractivity contribution is 8.01. The van der Waals surface area contributed by atoms with E-state index >= 15 is 0 Å². The van der Waals surface area contributed by atoms with Gasteiger partial charge in [0.15, 0.2) is 0 Å². The van der Waals surface area contributed by atoms with Crippen LogP contribution in [0.5, 0.6) is 0 Å². The highest BCUT2D eigenvalue weighted by atomic mass is 32.2. The Kier molecular flexibility index (Phi) is 3.51.